The quantitative estimate of drug-likeness (QED) is 0.784. The van der Waals surface area contributed by atoms with E-state index in [1.807, 2.05) is 13.8 Å². The van der Waals surface area contributed by atoms with Gasteiger partial charge in [-0.3, -0.25) is 14.4 Å². The lowest BCUT2D eigenvalue weighted by molar-refractivity contribution is -0.116. The van der Waals surface area contributed by atoms with Crippen LogP contribution in [-0.4, -0.2) is 58.8 Å². The summed E-state index contributed by atoms with van der Waals surface area (Å²) in [5.74, 6) is 0.458. The second kappa shape index (κ2) is 9.10. The van der Waals surface area contributed by atoms with Crippen LogP contribution in [0.15, 0.2) is 18.2 Å². The maximum absolute atomic E-state index is 12.4. The Morgan fingerprint density at radius 1 is 1.32 bits per heavy atom. The number of thioether (sulfide) groups is 1. The number of anilines is 1. The molecule has 6 nitrogen and oxygen atoms in total. The highest BCUT2D eigenvalue weighted by Gasteiger charge is 2.21. The smallest absolute Gasteiger partial charge is 0.281 e. The summed E-state index contributed by atoms with van der Waals surface area (Å²) in [4.78, 5) is 39.2. The molecule has 1 aliphatic heterocycles. The second-order valence-electron chi connectivity index (χ2n) is 5.57. The molecule has 1 aliphatic rings. The van der Waals surface area contributed by atoms with Gasteiger partial charge >= 0.3 is 0 Å². The van der Waals surface area contributed by atoms with Crippen molar-refractivity contribution in [2.45, 2.75) is 20.3 Å². The van der Waals surface area contributed by atoms with Crippen molar-refractivity contribution in [1.29, 1.82) is 0 Å². The molecular formula is C17H22ClN3O3S. The minimum atomic E-state index is -0.191. The Balaban J connectivity index is 1.94. The standard InChI is InChI=1S/C17H22ClN3O3S/c1-3-20(4-2)16(23)13-6-5-12(11-14(13)18)19-15(22)7-8-21-9-10-25-17(21)24/h5-6,11H,3-4,7-10H2,1-2H3,(H,19,22). The highest BCUT2D eigenvalue weighted by atomic mass is 35.5. The van der Waals surface area contributed by atoms with Gasteiger partial charge in [0.2, 0.25) is 5.91 Å². The minimum Gasteiger partial charge on any atom is -0.339 e. The number of rotatable bonds is 7. The molecule has 1 aromatic carbocycles. The largest absolute Gasteiger partial charge is 0.339 e. The predicted octanol–water partition coefficient (Wildman–Crippen LogP) is 3.32. The molecule has 0 unspecified atom stereocenters. The van der Waals surface area contributed by atoms with Crippen LogP contribution in [0.3, 0.4) is 0 Å². The molecule has 0 spiro atoms. The van der Waals surface area contributed by atoms with Gasteiger partial charge in [0.25, 0.3) is 11.1 Å². The molecular weight excluding hydrogens is 362 g/mol. The summed E-state index contributed by atoms with van der Waals surface area (Å²) >= 11 is 7.49. The average Bonchev–Trinajstić information content (AvgIpc) is 2.99. The Bertz CT molecular complexity index is 665. The molecule has 1 fully saturated rings. The normalized spacial score (nSPS) is 13.9. The van der Waals surface area contributed by atoms with Crippen molar-refractivity contribution in [3.8, 4) is 0 Å². The third-order valence-corrected chi connectivity index (χ3v) is 5.19. The molecule has 3 amide bonds. The molecule has 25 heavy (non-hydrogen) atoms. The molecule has 0 radical (unpaired) electrons. The second-order valence-corrected chi connectivity index (χ2v) is 7.03. The lowest BCUT2D eigenvalue weighted by Gasteiger charge is -2.19. The van der Waals surface area contributed by atoms with Gasteiger partial charge in [-0.25, -0.2) is 0 Å². The summed E-state index contributed by atoms with van der Waals surface area (Å²) in [7, 11) is 0. The molecule has 1 N–H and O–H groups in total. The van der Waals surface area contributed by atoms with Gasteiger partial charge in [0, 0.05) is 44.0 Å². The van der Waals surface area contributed by atoms with Crippen LogP contribution in [0.5, 0.6) is 0 Å². The average molecular weight is 384 g/mol. The summed E-state index contributed by atoms with van der Waals surface area (Å²) in [5.41, 5.74) is 0.955. The van der Waals surface area contributed by atoms with Gasteiger partial charge in [0.15, 0.2) is 0 Å². The maximum Gasteiger partial charge on any atom is 0.281 e. The fourth-order valence-corrected chi connectivity index (χ4v) is 3.65. The van der Waals surface area contributed by atoms with Crippen molar-refractivity contribution in [1.82, 2.24) is 9.80 Å². The highest BCUT2D eigenvalue weighted by Crippen LogP contribution is 2.23. The number of halogens is 1. The van der Waals surface area contributed by atoms with Crippen LogP contribution in [-0.2, 0) is 4.79 Å². The van der Waals surface area contributed by atoms with E-state index < -0.39 is 0 Å². The van der Waals surface area contributed by atoms with Gasteiger partial charge in [-0.15, -0.1) is 0 Å². The van der Waals surface area contributed by atoms with Crippen LogP contribution in [0, 0.1) is 0 Å². The number of hydrogen-bond donors (Lipinski definition) is 1. The molecule has 1 heterocycles. The van der Waals surface area contributed by atoms with E-state index in [4.69, 9.17) is 11.6 Å². The molecule has 8 heteroatoms. The molecule has 0 aliphatic carbocycles. The Kier molecular flexibility index (Phi) is 7.13. The zero-order chi connectivity index (χ0) is 18.4. The van der Waals surface area contributed by atoms with Crippen molar-refractivity contribution >= 4 is 46.1 Å². The number of carbonyl (C=O) groups excluding carboxylic acids is 3. The Labute approximate surface area is 156 Å². The fraction of sp³-hybridized carbons (Fsp3) is 0.471. The van der Waals surface area contributed by atoms with Crippen molar-refractivity contribution in [2.24, 2.45) is 0 Å². The summed E-state index contributed by atoms with van der Waals surface area (Å²) in [5, 5.41) is 3.08. The van der Waals surface area contributed by atoms with E-state index >= 15 is 0 Å². The molecule has 2 rings (SSSR count). The molecule has 136 valence electrons. The summed E-state index contributed by atoms with van der Waals surface area (Å²) in [6, 6.07) is 4.86. The number of benzene rings is 1. The van der Waals surface area contributed by atoms with Crippen LogP contribution in [0.4, 0.5) is 10.5 Å². The third-order valence-electron chi connectivity index (χ3n) is 3.99. The first-order valence-electron chi connectivity index (χ1n) is 8.26. The maximum atomic E-state index is 12.4. The van der Waals surface area contributed by atoms with Gasteiger partial charge in [-0.05, 0) is 32.0 Å². The predicted molar refractivity (Wildman–Crippen MR) is 101 cm³/mol. The number of amides is 3. The van der Waals surface area contributed by atoms with Crippen molar-refractivity contribution < 1.29 is 14.4 Å². The first kappa shape index (κ1) is 19.6. The van der Waals surface area contributed by atoms with Gasteiger partial charge in [-0.2, -0.15) is 0 Å². The van der Waals surface area contributed by atoms with Gasteiger partial charge < -0.3 is 15.1 Å². The minimum absolute atomic E-state index is 0.0233. The number of carbonyl (C=O) groups is 3. The van der Waals surface area contributed by atoms with Crippen LogP contribution in [0.25, 0.3) is 0 Å². The molecule has 1 aromatic rings. The Hall–Kier alpha value is -1.73. The number of nitrogens with one attached hydrogen (secondary N) is 1. The van der Waals surface area contributed by atoms with E-state index in [9.17, 15) is 14.4 Å². The zero-order valence-electron chi connectivity index (χ0n) is 14.4. The number of nitrogens with zero attached hydrogens (tertiary/aromatic N) is 2. The van der Waals surface area contributed by atoms with Crippen LogP contribution < -0.4 is 5.32 Å². The van der Waals surface area contributed by atoms with E-state index in [0.29, 0.717) is 42.5 Å². The van der Waals surface area contributed by atoms with Crippen LogP contribution in [0.2, 0.25) is 5.02 Å². The molecule has 0 aromatic heterocycles. The van der Waals surface area contributed by atoms with E-state index in [1.165, 1.54) is 11.8 Å². The zero-order valence-corrected chi connectivity index (χ0v) is 16.0. The van der Waals surface area contributed by atoms with E-state index in [2.05, 4.69) is 5.32 Å². The van der Waals surface area contributed by atoms with E-state index in [0.717, 1.165) is 5.75 Å². The van der Waals surface area contributed by atoms with Crippen LogP contribution in [0.1, 0.15) is 30.6 Å². The van der Waals surface area contributed by atoms with Crippen molar-refractivity contribution in [3.05, 3.63) is 28.8 Å². The lowest BCUT2D eigenvalue weighted by Crippen LogP contribution is -2.30. The molecule has 0 atom stereocenters. The molecule has 0 bridgehead atoms. The first-order valence-corrected chi connectivity index (χ1v) is 9.63. The summed E-state index contributed by atoms with van der Waals surface area (Å²) < 4.78 is 0. The Morgan fingerprint density at radius 2 is 2.04 bits per heavy atom. The topological polar surface area (TPSA) is 69.7 Å². The highest BCUT2D eigenvalue weighted by molar-refractivity contribution is 8.13. The Morgan fingerprint density at radius 3 is 2.60 bits per heavy atom. The van der Waals surface area contributed by atoms with Crippen molar-refractivity contribution in [3.63, 3.8) is 0 Å². The van der Waals surface area contributed by atoms with Gasteiger partial charge in [-0.1, -0.05) is 23.4 Å². The van der Waals surface area contributed by atoms with E-state index in [-0.39, 0.29) is 23.5 Å². The molecule has 1 saturated heterocycles. The van der Waals surface area contributed by atoms with E-state index in [1.54, 1.807) is 28.0 Å². The van der Waals surface area contributed by atoms with Gasteiger partial charge in [0.05, 0.1) is 10.6 Å². The summed E-state index contributed by atoms with van der Waals surface area (Å²) in [6.07, 6.45) is 0.226. The lowest BCUT2D eigenvalue weighted by atomic mass is 10.1. The third kappa shape index (κ3) is 5.12. The SMILES string of the molecule is CCN(CC)C(=O)c1ccc(NC(=O)CCN2CCSC2=O)cc1Cl. The van der Waals surface area contributed by atoms with Crippen molar-refractivity contribution in [2.75, 3.05) is 37.2 Å². The summed E-state index contributed by atoms with van der Waals surface area (Å²) in [6.45, 7) is 6.13. The van der Waals surface area contributed by atoms with Crippen LogP contribution >= 0.6 is 23.4 Å². The first-order chi connectivity index (χ1) is 12.0. The monoisotopic (exact) mass is 383 g/mol. The fourth-order valence-electron chi connectivity index (χ4n) is 2.54. The molecule has 0 saturated carbocycles. The van der Waals surface area contributed by atoms with Gasteiger partial charge in [0.1, 0.15) is 0 Å². The number of hydrogen-bond acceptors (Lipinski definition) is 4.